The minimum atomic E-state index is -5.02. The third-order valence-electron chi connectivity index (χ3n) is 3.92. The molecule has 1 aliphatic carbocycles. The maximum Gasteiger partial charge on any atom is 0.328 e. The minimum Gasteiger partial charge on any atom is -0.496 e. The normalized spacial score (nSPS) is 30.5. The highest BCUT2D eigenvalue weighted by Gasteiger charge is 2.21. The Hall–Kier alpha value is -2.78. The first-order valence-corrected chi connectivity index (χ1v) is 10.9. The van der Waals surface area contributed by atoms with Crippen molar-refractivity contribution in [2.45, 2.75) is 49.2 Å². The van der Waals surface area contributed by atoms with E-state index in [0.717, 1.165) is 18.2 Å². The summed E-state index contributed by atoms with van der Waals surface area (Å²) in [6.45, 7) is -3.14. The average Bonchev–Trinajstić information content (AvgIpc) is 2.95. The largest absolute Gasteiger partial charge is 0.496 e. The SMILES string of the molecule is [2H]C([2H])(NC(=O)c1cc(Cl)ccc1OC)C([2H])([2H])c1ccc(S(=O)(=O)NC(=O)NC2([2H])C([2H])([2H])C([2H])([2H])C([2H])([2H])C([2H])([2H])C2([2H])[2H])cc1. The fourth-order valence-electron chi connectivity index (χ4n) is 2.44. The third kappa shape index (κ3) is 7.10. The van der Waals surface area contributed by atoms with Crippen LogP contribution in [-0.4, -0.2) is 40.0 Å². The molecule has 2 aromatic rings. The standard InChI is InChI=1S/C23H28ClN3O5S/c1-32-21-12-9-17(24)15-20(21)22(28)25-14-13-16-7-10-19(11-8-16)33(30,31)27-23(29)26-18-5-3-2-4-6-18/h7-12,15,18H,2-6,13-14H2,1H3,(H,25,28)(H2,26,27,29)/i2D2,3D2,4D2,5D2,6D2,13D2,14D2,18D. The van der Waals surface area contributed by atoms with E-state index < -0.39 is 83.2 Å². The van der Waals surface area contributed by atoms with Crippen molar-refractivity contribution in [2.75, 3.05) is 13.6 Å². The molecule has 33 heavy (non-hydrogen) atoms. The molecule has 3 rings (SSSR count). The summed E-state index contributed by atoms with van der Waals surface area (Å²) < 4.78 is 153. The molecule has 1 aliphatic rings. The smallest absolute Gasteiger partial charge is 0.328 e. The number of benzene rings is 2. The molecule has 0 atom stereocenters. The number of hydrogen-bond acceptors (Lipinski definition) is 5. The second-order valence-corrected chi connectivity index (χ2v) is 8.25. The van der Waals surface area contributed by atoms with Crippen molar-refractivity contribution in [2.24, 2.45) is 0 Å². The number of carbonyl (C=O) groups excluding carboxylic acids is 2. The van der Waals surface area contributed by atoms with Crippen LogP contribution in [0.2, 0.25) is 5.02 Å². The molecule has 1 saturated carbocycles. The Kier molecular flexibility index (Phi) is 3.99. The number of hydrogen-bond donors (Lipinski definition) is 3. The van der Waals surface area contributed by atoms with Crippen molar-refractivity contribution in [1.82, 2.24) is 15.4 Å². The quantitative estimate of drug-likeness (QED) is 0.503. The summed E-state index contributed by atoms with van der Waals surface area (Å²) >= 11 is 5.90. The zero-order valence-electron chi connectivity index (χ0n) is 31.9. The predicted molar refractivity (Wildman–Crippen MR) is 126 cm³/mol. The lowest BCUT2D eigenvalue weighted by atomic mass is 9.96. The second kappa shape index (κ2) is 11.4. The average molecular weight is 509 g/mol. The number of rotatable bonds is 8. The third-order valence-corrected chi connectivity index (χ3v) is 5.50. The fourth-order valence-corrected chi connectivity index (χ4v) is 3.51. The van der Waals surface area contributed by atoms with Crippen LogP contribution >= 0.6 is 11.6 Å². The number of sulfonamides is 1. The van der Waals surface area contributed by atoms with Gasteiger partial charge in [0.2, 0.25) is 0 Å². The number of amides is 3. The van der Waals surface area contributed by atoms with Gasteiger partial charge >= 0.3 is 6.03 Å². The van der Waals surface area contributed by atoms with Crippen molar-refractivity contribution in [1.29, 1.82) is 0 Å². The molecular formula is C23H28ClN3O5S. The van der Waals surface area contributed by atoms with Crippen LogP contribution in [-0.2, 0) is 16.4 Å². The highest BCUT2D eigenvalue weighted by Crippen LogP contribution is 2.22. The molecule has 10 heteroatoms. The van der Waals surface area contributed by atoms with Crippen LogP contribution in [0.3, 0.4) is 0 Å². The van der Waals surface area contributed by atoms with Gasteiger partial charge in [0.25, 0.3) is 15.9 Å². The topological polar surface area (TPSA) is 114 Å². The van der Waals surface area contributed by atoms with Gasteiger partial charge in [-0.3, -0.25) is 4.79 Å². The highest BCUT2D eigenvalue weighted by atomic mass is 35.5. The van der Waals surface area contributed by atoms with Crippen molar-refractivity contribution >= 4 is 33.6 Å². The summed E-state index contributed by atoms with van der Waals surface area (Å²) in [4.78, 5) is 24.8. The van der Waals surface area contributed by atoms with Crippen molar-refractivity contribution in [3.05, 3.63) is 58.6 Å². The number of methoxy groups -OCH3 is 1. The van der Waals surface area contributed by atoms with Crippen LogP contribution in [0, 0.1) is 0 Å². The van der Waals surface area contributed by atoms with Gasteiger partial charge in [-0.25, -0.2) is 17.9 Å². The van der Waals surface area contributed by atoms with E-state index in [4.69, 9.17) is 36.9 Å². The van der Waals surface area contributed by atoms with Gasteiger partial charge in [-0.15, -0.1) is 0 Å². The van der Waals surface area contributed by atoms with Crippen LogP contribution in [0.15, 0.2) is 47.4 Å². The van der Waals surface area contributed by atoms with E-state index in [9.17, 15) is 18.0 Å². The second-order valence-electron chi connectivity index (χ2n) is 6.13. The van der Waals surface area contributed by atoms with Crippen LogP contribution in [0.4, 0.5) is 4.79 Å². The first-order valence-electron chi connectivity index (χ1n) is 16.5. The lowest BCUT2D eigenvalue weighted by Crippen LogP contribution is -2.45. The van der Waals surface area contributed by atoms with Gasteiger partial charge in [-0.1, -0.05) is 42.9 Å². The molecule has 8 nitrogen and oxygen atoms in total. The summed E-state index contributed by atoms with van der Waals surface area (Å²) in [6, 6.07) is 0.923. The summed E-state index contributed by atoms with van der Waals surface area (Å²) in [7, 11) is -3.79. The zero-order chi connectivity index (χ0) is 37.3. The Labute approximate surface area is 220 Å². The molecule has 0 aliphatic heterocycles. The van der Waals surface area contributed by atoms with E-state index in [-0.39, 0.29) is 16.3 Å². The molecule has 0 heterocycles. The number of aryl methyl sites for hydroxylation is 1. The van der Waals surface area contributed by atoms with Crippen LogP contribution < -0.4 is 20.1 Å². The molecule has 0 spiro atoms. The highest BCUT2D eigenvalue weighted by molar-refractivity contribution is 7.90. The van der Waals surface area contributed by atoms with Gasteiger partial charge in [0.05, 0.1) is 18.9 Å². The lowest BCUT2D eigenvalue weighted by molar-refractivity contribution is 0.0951. The molecule has 1 fully saturated rings. The Morgan fingerprint density at radius 1 is 1.18 bits per heavy atom. The molecule has 3 amide bonds. The summed E-state index contributed by atoms with van der Waals surface area (Å²) in [5.41, 5.74) is -0.716. The molecule has 0 bridgehead atoms. The molecular weight excluding hydrogens is 466 g/mol. The summed E-state index contributed by atoms with van der Waals surface area (Å²) in [6.07, 6.45) is -22.8. The van der Waals surface area contributed by atoms with E-state index >= 15 is 0 Å². The van der Waals surface area contributed by atoms with Gasteiger partial charge in [0.1, 0.15) is 5.75 Å². The van der Waals surface area contributed by atoms with Crippen LogP contribution in [0.25, 0.3) is 0 Å². The van der Waals surface area contributed by atoms with Crippen molar-refractivity contribution in [3.63, 3.8) is 0 Å². The molecule has 0 radical (unpaired) electrons. The van der Waals surface area contributed by atoms with E-state index in [2.05, 4.69) is 0 Å². The summed E-state index contributed by atoms with van der Waals surface area (Å²) in [5, 5.41) is 3.32. The maximum atomic E-state index is 12.9. The van der Waals surface area contributed by atoms with E-state index in [0.29, 0.717) is 12.1 Å². The van der Waals surface area contributed by atoms with Crippen molar-refractivity contribution < 1.29 is 43.3 Å². The zero-order valence-corrected chi connectivity index (χ0v) is 18.4. The van der Waals surface area contributed by atoms with E-state index in [1.165, 1.54) is 29.3 Å². The van der Waals surface area contributed by atoms with Gasteiger partial charge < -0.3 is 15.4 Å². The minimum absolute atomic E-state index is 0.00442. The molecule has 0 unspecified atom stereocenters. The van der Waals surface area contributed by atoms with Crippen LogP contribution in [0.1, 0.15) is 68.3 Å². The van der Waals surface area contributed by atoms with E-state index in [1.807, 2.05) is 5.32 Å². The first-order chi connectivity index (χ1) is 21.4. The lowest BCUT2D eigenvalue weighted by Gasteiger charge is -2.22. The molecule has 0 aromatic heterocycles. The van der Waals surface area contributed by atoms with Crippen molar-refractivity contribution in [3.8, 4) is 5.75 Å². The van der Waals surface area contributed by atoms with Gasteiger partial charge in [0, 0.05) is 36.7 Å². The number of halogens is 1. The number of urea groups is 1. The molecule has 178 valence electrons. The number of nitrogens with one attached hydrogen (secondary N) is 3. The monoisotopic (exact) mass is 508 g/mol. The van der Waals surface area contributed by atoms with Gasteiger partial charge in [0.15, 0.2) is 0 Å². The predicted octanol–water partition coefficient (Wildman–Crippen LogP) is 3.64. The molecule has 3 N–H and O–H groups in total. The summed E-state index contributed by atoms with van der Waals surface area (Å²) in [5.74, 6) is -1.10. The first kappa shape index (κ1) is 11.6. The fraction of sp³-hybridized carbons (Fsp3) is 0.391. The number of ether oxygens (including phenoxy) is 1. The van der Waals surface area contributed by atoms with E-state index in [1.54, 1.807) is 0 Å². The Bertz CT molecular complexity index is 1690. The molecule has 2 aromatic carbocycles. The van der Waals surface area contributed by atoms with Crippen LogP contribution in [0.5, 0.6) is 5.75 Å². The number of carbonyl (C=O) groups is 2. The maximum absolute atomic E-state index is 12.9. The van der Waals surface area contributed by atoms with Gasteiger partial charge in [-0.2, -0.15) is 0 Å². The Balaban J connectivity index is 1.87. The van der Waals surface area contributed by atoms with Gasteiger partial charge in [-0.05, 0) is 55.0 Å². The Morgan fingerprint density at radius 2 is 1.88 bits per heavy atom. The Morgan fingerprint density at radius 3 is 2.55 bits per heavy atom. The molecule has 0 saturated heterocycles.